The molecule has 4 aromatic heterocycles. The predicted molar refractivity (Wildman–Crippen MR) is 241 cm³/mol. The summed E-state index contributed by atoms with van der Waals surface area (Å²) in [5.41, 5.74) is 5.87. The number of hydrogen-bond acceptors (Lipinski definition) is 17. The van der Waals surface area contributed by atoms with Crippen molar-refractivity contribution >= 4 is 67.1 Å². The maximum atomic E-state index is 15.0. The van der Waals surface area contributed by atoms with Crippen LogP contribution >= 0.6 is 12.4 Å². The number of cyclic esters (lactones) is 2. The van der Waals surface area contributed by atoms with Crippen molar-refractivity contribution in [1.29, 1.82) is 0 Å². The van der Waals surface area contributed by atoms with E-state index >= 15 is 0 Å². The molecular weight excluding hydrogens is 882 g/mol. The standard InChI is InChI=1S/C21H21FN8O2.C20H19FN8O2.CH2O.ClH/c1-27-8-9-28(14-25-27)20-5-2-15(11-23-20)18-4-3-16(10-19(18)22)30-13-17(32-21(30)31)12-29-7-6-24-26-29;21-18-9-15(29-12-16(31-20(29)30)11-28-8-6-24-26-28)2-3-17(18)14-1-4-19(22-10-14)27-7-5-23-25-13-27;1-2;/h2-7,10-11,14,17H,8-9,12-13H2,1H3;1-4,6,8-10,13,16,23H,5,7,11-12H2;1H2;1H/t17-;16-;;/m00../s1. The second-order valence-electron chi connectivity index (χ2n) is 14.8. The van der Waals surface area contributed by atoms with E-state index in [9.17, 15) is 18.4 Å². The summed E-state index contributed by atoms with van der Waals surface area (Å²) < 4.78 is 43.8. The van der Waals surface area contributed by atoms with Gasteiger partial charge in [0.05, 0.1) is 63.0 Å². The first kappa shape index (κ1) is 45.9. The highest BCUT2D eigenvalue weighted by Gasteiger charge is 2.34. The molecule has 342 valence electrons. The van der Waals surface area contributed by atoms with Crippen molar-refractivity contribution in [2.45, 2.75) is 25.3 Å². The monoisotopic (exact) mass is 924 g/mol. The quantitative estimate of drug-likeness (QED) is 0.203. The van der Waals surface area contributed by atoms with Crippen molar-refractivity contribution in [2.75, 3.05) is 65.9 Å². The van der Waals surface area contributed by atoms with E-state index in [4.69, 9.17) is 14.3 Å². The number of likely N-dealkylation sites (N-methyl/N-ethyl adjacent to an activating group) is 1. The zero-order valence-electron chi connectivity index (χ0n) is 35.3. The molecule has 2 amide bonds. The topological polar surface area (TPSA) is 210 Å². The van der Waals surface area contributed by atoms with Gasteiger partial charge in [0.25, 0.3) is 0 Å². The Morgan fingerprint density at radius 2 is 1.21 bits per heavy atom. The summed E-state index contributed by atoms with van der Waals surface area (Å²) in [5.74, 6) is 0.610. The van der Waals surface area contributed by atoms with E-state index in [0.29, 0.717) is 59.8 Å². The number of benzene rings is 2. The van der Waals surface area contributed by atoms with Crippen LogP contribution in [0.5, 0.6) is 0 Å². The second-order valence-corrected chi connectivity index (χ2v) is 14.8. The van der Waals surface area contributed by atoms with Gasteiger partial charge >= 0.3 is 12.2 Å². The SMILES string of the molecule is C=O.CN1CCN(c2ccc(-c3ccc(N4C[C@H](Cn5ccnn5)OC4=O)cc3F)cn2)C=N1.Cl.O=C1O[C@@H](Cn2ccnn2)CN1c1ccc(-c2ccc(N3C=NNCC3)nc2)c(F)c1. The summed E-state index contributed by atoms with van der Waals surface area (Å²) in [4.78, 5) is 48.1. The van der Waals surface area contributed by atoms with Gasteiger partial charge in [0.15, 0.2) is 0 Å². The van der Waals surface area contributed by atoms with Gasteiger partial charge in [0, 0.05) is 67.2 Å². The van der Waals surface area contributed by atoms with Crippen molar-refractivity contribution in [3.8, 4) is 22.3 Å². The number of pyridine rings is 2. The molecule has 0 radical (unpaired) electrons. The molecule has 2 atom stereocenters. The van der Waals surface area contributed by atoms with Gasteiger partial charge in [-0.25, -0.2) is 37.7 Å². The normalized spacial score (nSPS) is 17.5. The lowest BCUT2D eigenvalue weighted by Crippen LogP contribution is -2.36. The molecule has 4 aliphatic rings. The van der Waals surface area contributed by atoms with Crippen LogP contribution in [0.3, 0.4) is 0 Å². The summed E-state index contributed by atoms with van der Waals surface area (Å²) in [5, 5.41) is 25.3. The van der Waals surface area contributed by atoms with Gasteiger partial charge in [-0.1, -0.05) is 10.4 Å². The van der Waals surface area contributed by atoms with Crippen molar-refractivity contribution in [3.63, 3.8) is 0 Å². The third-order valence-corrected chi connectivity index (χ3v) is 10.5. The first-order valence-electron chi connectivity index (χ1n) is 20.2. The number of carbonyl (C=O) groups is 3. The largest absolute Gasteiger partial charge is 0.442 e. The highest BCUT2D eigenvalue weighted by Crippen LogP contribution is 2.32. The molecule has 8 heterocycles. The lowest BCUT2D eigenvalue weighted by atomic mass is 10.1. The van der Waals surface area contributed by atoms with E-state index in [1.165, 1.54) is 21.9 Å². The molecule has 21 nitrogen and oxygen atoms in total. The van der Waals surface area contributed by atoms with Crippen LogP contribution in [-0.4, -0.2) is 135 Å². The molecule has 66 heavy (non-hydrogen) atoms. The Balaban J connectivity index is 0.000000187. The van der Waals surface area contributed by atoms with Crippen LogP contribution in [-0.2, 0) is 27.4 Å². The highest BCUT2D eigenvalue weighted by molar-refractivity contribution is 5.91. The van der Waals surface area contributed by atoms with Gasteiger partial charge in [-0.05, 0) is 60.7 Å². The maximum absolute atomic E-state index is 15.0. The van der Waals surface area contributed by atoms with Crippen LogP contribution in [0.4, 0.5) is 41.4 Å². The first-order valence-corrected chi connectivity index (χ1v) is 20.2. The number of hydrazone groups is 2. The molecule has 6 aromatic rings. The fraction of sp³-hybridized carbons (Fsp3) is 0.262. The number of nitrogens with zero attached hydrogens (tertiary/aromatic N) is 15. The molecule has 0 spiro atoms. The van der Waals surface area contributed by atoms with Crippen molar-refractivity contribution in [3.05, 3.63) is 109 Å². The maximum Gasteiger partial charge on any atom is 0.414 e. The Morgan fingerprint density at radius 1 is 0.697 bits per heavy atom. The molecule has 0 unspecified atom stereocenters. The number of ether oxygens (including phenoxy) is 2. The summed E-state index contributed by atoms with van der Waals surface area (Å²) >= 11 is 0. The molecule has 0 bridgehead atoms. The van der Waals surface area contributed by atoms with Crippen molar-refractivity contribution in [1.82, 2.24) is 50.4 Å². The summed E-state index contributed by atoms with van der Waals surface area (Å²) in [6.45, 7) is 6.45. The molecule has 24 heteroatoms. The zero-order chi connectivity index (χ0) is 45.3. The van der Waals surface area contributed by atoms with Gasteiger partial charge in [0.2, 0.25) is 0 Å². The third-order valence-electron chi connectivity index (χ3n) is 10.5. The molecule has 2 aromatic carbocycles. The molecule has 4 aliphatic heterocycles. The number of anilines is 4. The van der Waals surface area contributed by atoms with E-state index in [-0.39, 0.29) is 24.6 Å². The Kier molecular flexibility index (Phi) is 14.7. The van der Waals surface area contributed by atoms with Crippen molar-refractivity contribution < 1.29 is 32.6 Å². The Morgan fingerprint density at radius 3 is 1.61 bits per heavy atom. The molecule has 10 rings (SSSR count). The smallest absolute Gasteiger partial charge is 0.414 e. The van der Waals surface area contributed by atoms with Gasteiger partial charge in [-0.3, -0.25) is 14.8 Å². The number of carbonyl (C=O) groups excluding carboxylic acids is 3. The number of hydrogen-bond donors (Lipinski definition) is 1. The van der Waals surface area contributed by atoms with Gasteiger partial charge < -0.3 is 29.5 Å². The van der Waals surface area contributed by atoms with Gasteiger partial charge in [-0.2, -0.15) is 10.2 Å². The highest BCUT2D eigenvalue weighted by atomic mass is 35.5. The first-order chi connectivity index (χ1) is 31.7. The molecule has 0 aliphatic carbocycles. The summed E-state index contributed by atoms with van der Waals surface area (Å²) in [6, 6.07) is 16.7. The average molecular weight is 925 g/mol. The summed E-state index contributed by atoms with van der Waals surface area (Å²) in [6.07, 6.45) is 11.4. The predicted octanol–water partition coefficient (Wildman–Crippen LogP) is 4.29. The second kappa shape index (κ2) is 21.1. The van der Waals surface area contributed by atoms with Crippen LogP contribution in [0.25, 0.3) is 22.3 Å². The average Bonchev–Trinajstić information content (AvgIpc) is 4.18. The van der Waals surface area contributed by atoms with E-state index in [0.717, 1.165) is 37.8 Å². The number of amides is 2. The van der Waals surface area contributed by atoms with E-state index in [1.54, 1.807) is 83.5 Å². The molecule has 2 fully saturated rings. The van der Waals surface area contributed by atoms with Gasteiger partial charge in [-0.15, -0.1) is 22.6 Å². The van der Waals surface area contributed by atoms with Gasteiger partial charge in [0.1, 0.15) is 54.9 Å². The lowest BCUT2D eigenvalue weighted by molar-refractivity contribution is -0.0980. The van der Waals surface area contributed by atoms with E-state index in [2.05, 4.69) is 46.2 Å². The summed E-state index contributed by atoms with van der Waals surface area (Å²) in [7, 11) is 1.91. The Labute approximate surface area is 382 Å². The van der Waals surface area contributed by atoms with Crippen LogP contribution in [0.1, 0.15) is 0 Å². The van der Waals surface area contributed by atoms with Crippen LogP contribution in [0, 0.1) is 11.6 Å². The van der Waals surface area contributed by atoms with E-state index < -0.39 is 23.8 Å². The molecule has 1 N–H and O–H groups in total. The minimum Gasteiger partial charge on any atom is -0.442 e. The Bertz CT molecular complexity index is 2630. The third kappa shape index (κ3) is 10.6. The fourth-order valence-corrected chi connectivity index (χ4v) is 7.24. The zero-order valence-corrected chi connectivity index (χ0v) is 36.1. The number of nitrogens with one attached hydrogen (secondary N) is 1. The number of aromatic nitrogens is 8. The van der Waals surface area contributed by atoms with Crippen LogP contribution in [0.2, 0.25) is 0 Å². The van der Waals surface area contributed by atoms with Crippen LogP contribution in [0.15, 0.2) is 108 Å². The molecular formula is C42H43ClF2N16O5. The van der Waals surface area contributed by atoms with E-state index in [1.807, 2.05) is 52.9 Å². The lowest BCUT2D eigenvalue weighted by Gasteiger charge is -2.26. The Hall–Kier alpha value is -8.08. The van der Waals surface area contributed by atoms with Crippen molar-refractivity contribution in [2.24, 2.45) is 10.2 Å². The molecule has 0 saturated carbocycles. The molecule has 2 saturated heterocycles. The number of halogens is 3. The minimum atomic E-state index is -0.513. The minimum absolute atomic E-state index is 0. The fourth-order valence-electron chi connectivity index (χ4n) is 7.24. The number of rotatable bonds is 10. The van der Waals surface area contributed by atoms with Crippen LogP contribution < -0.4 is 25.0 Å².